The molecule has 1 heterocycles. The molecule has 0 saturated carbocycles. The van der Waals surface area contributed by atoms with Crippen LogP contribution in [0, 0.1) is 5.82 Å². The van der Waals surface area contributed by atoms with Crippen LogP contribution in [0.15, 0.2) is 54.1 Å². The lowest BCUT2D eigenvalue weighted by Gasteiger charge is -2.25. The summed E-state index contributed by atoms with van der Waals surface area (Å²) >= 11 is 0. The summed E-state index contributed by atoms with van der Waals surface area (Å²) in [5, 5.41) is 22.7. The van der Waals surface area contributed by atoms with Crippen LogP contribution in [0.25, 0.3) is 5.76 Å². The van der Waals surface area contributed by atoms with E-state index < -0.39 is 23.5 Å². The maximum Gasteiger partial charge on any atom is 0.295 e. The largest absolute Gasteiger partial charge is 0.507 e. The number of hydrogen-bond acceptors (Lipinski definition) is 6. The SMILES string of the molecule is COc1ccc(C2C(=C(O)c3ccc(F)cc3)C(=O)C(=O)N2CCNCCO)cc1. The zero-order chi connectivity index (χ0) is 21.7. The zero-order valence-electron chi connectivity index (χ0n) is 16.5. The molecular formula is C22H23FN2O5. The molecule has 3 N–H and O–H groups in total. The van der Waals surface area contributed by atoms with Crippen molar-refractivity contribution in [2.75, 3.05) is 33.4 Å². The van der Waals surface area contributed by atoms with E-state index in [2.05, 4.69) is 5.32 Å². The van der Waals surface area contributed by atoms with Crippen LogP contribution in [-0.2, 0) is 9.59 Å². The minimum absolute atomic E-state index is 0.0503. The molecule has 0 radical (unpaired) electrons. The van der Waals surface area contributed by atoms with Gasteiger partial charge in [-0.2, -0.15) is 0 Å². The zero-order valence-corrected chi connectivity index (χ0v) is 16.5. The number of amides is 1. The molecule has 0 bridgehead atoms. The van der Waals surface area contributed by atoms with E-state index in [4.69, 9.17) is 9.84 Å². The average molecular weight is 414 g/mol. The third-order valence-electron chi connectivity index (χ3n) is 4.91. The second-order valence-corrected chi connectivity index (χ2v) is 6.75. The third-order valence-corrected chi connectivity index (χ3v) is 4.91. The van der Waals surface area contributed by atoms with Gasteiger partial charge in [0, 0.05) is 25.2 Å². The maximum atomic E-state index is 13.3. The van der Waals surface area contributed by atoms with Crippen LogP contribution >= 0.6 is 0 Å². The number of carbonyl (C=O) groups is 2. The summed E-state index contributed by atoms with van der Waals surface area (Å²) in [5.74, 6) is -1.77. The molecule has 1 fully saturated rings. The van der Waals surface area contributed by atoms with Crippen LogP contribution < -0.4 is 10.1 Å². The summed E-state index contributed by atoms with van der Waals surface area (Å²) in [7, 11) is 1.53. The average Bonchev–Trinajstić information content (AvgIpc) is 3.01. The number of aliphatic hydroxyl groups is 2. The quantitative estimate of drug-likeness (QED) is 0.264. The summed E-state index contributed by atoms with van der Waals surface area (Å²) in [4.78, 5) is 26.9. The van der Waals surface area contributed by atoms with Crippen molar-refractivity contribution < 1.29 is 28.9 Å². The van der Waals surface area contributed by atoms with Gasteiger partial charge in [-0.3, -0.25) is 9.59 Å². The fourth-order valence-electron chi connectivity index (χ4n) is 3.41. The molecule has 1 aliphatic rings. The molecule has 1 atom stereocenters. The Morgan fingerprint density at radius 3 is 2.37 bits per heavy atom. The fraction of sp³-hybridized carbons (Fsp3) is 0.273. The van der Waals surface area contributed by atoms with Crippen LogP contribution in [-0.4, -0.2) is 60.2 Å². The normalized spacial score (nSPS) is 18.1. The van der Waals surface area contributed by atoms with Crippen LogP contribution in [0.1, 0.15) is 17.2 Å². The molecule has 0 spiro atoms. The molecule has 0 aliphatic carbocycles. The highest BCUT2D eigenvalue weighted by Crippen LogP contribution is 2.39. The van der Waals surface area contributed by atoms with Crippen molar-refractivity contribution in [3.05, 3.63) is 71.0 Å². The molecule has 2 aromatic carbocycles. The molecule has 1 aliphatic heterocycles. The molecule has 158 valence electrons. The Morgan fingerprint density at radius 1 is 1.10 bits per heavy atom. The first-order valence-electron chi connectivity index (χ1n) is 9.47. The van der Waals surface area contributed by atoms with E-state index in [1.165, 1.54) is 36.3 Å². The van der Waals surface area contributed by atoms with Gasteiger partial charge in [0.1, 0.15) is 17.3 Å². The van der Waals surface area contributed by atoms with E-state index in [9.17, 15) is 19.1 Å². The van der Waals surface area contributed by atoms with Gasteiger partial charge in [-0.25, -0.2) is 4.39 Å². The number of rotatable bonds is 8. The summed E-state index contributed by atoms with van der Waals surface area (Å²) in [5.41, 5.74) is 0.811. The van der Waals surface area contributed by atoms with Crippen molar-refractivity contribution in [2.24, 2.45) is 0 Å². The lowest BCUT2D eigenvalue weighted by Crippen LogP contribution is -2.36. The van der Waals surface area contributed by atoms with E-state index in [0.717, 1.165) is 0 Å². The van der Waals surface area contributed by atoms with E-state index >= 15 is 0 Å². The molecule has 30 heavy (non-hydrogen) atoms. The number of ketones is 1. The second kappa shape index (κ2) is 9.51. The Morgan fingerprint density at radius 2 is 1.77 bits per heavy atom. The number of Topliss-reactive ketones (excluding diaryl/α,β-unsaturated/α-hetero) is 1. The van der Waals surface area contributed by atoms with Crippen molar-refractivity contribution in [3.8, 4) is 5.75 Å². The Balaban J connectivity index is 2.05. The van der Waals surface area contributed by atoms with Crippen molar-refractivity contribution in [2.45, 2.75) is 6.04 Å². The first-order valence-corrected chi connectivity index (χ1v) is 9.47. The van der Waals surface area contributed by atoms with Crippen LogP contribution in [0.2, 0.25) is 0 Å². The van der Waals surface area contributed by atoms with Gasteiger partial charge in [0.05, 0.1) is 25.3 Å². The molecule has 1 saturated heterocycles. The van der Waals surface area contributed by atoms with Gasteiger partial charge < -0.3 is 25.2 Å². The lowest BCUT2D eigenvalue weighted by atomic mass is 9.95. The van der Waals surface area contributed by atoms with Crippen LogP contribution in [0.3, 0.4) is 0 Å². The van der Waals surface area contributed by atoms with Crippen LogP contribution in [0.4, 0.5) is 4.39 Å². The van der Waals surface area contributed by atoms with Crippen LogP contribution in [0.5, 0.6) is 5.75 Å². The molecule has 0 aromatic heterocycles. The first-order chi connectivity index (χ1) is 14.5. The van der Waals surface area contributed by atoms with Crippen molar-refractivity contribution >= 4 is 17.4 Å². The molecule has 1 unspecified atom stereocenters. The van der Waals surface area contributed by atoms with Gasteiger partial charge in [0.2, 0.25) is 0 Å². The number of likely N-dealkylation sites (tertiary alicyclic amines) is 1. The van der Waals surface area contributed by atoms with Crippen molar-refractivity contribution in [1.82, 2.24) is 10.2 Å². The Bertz CT molecular complexity index is 941. The number of nitrogens with one attached hydrogen (secondary N) is 1. The molecule has 2 aromatic rings. The minimum Gasteiger partial charge on any atom is -0.507 e. The van der Waals surface area contributed by atoms with Crippen molar-refractivity contribution in [3.63, 3.8) is 0 Å². The predicted molar refractivity (Wildman–Crippen MR) is 108 cm³/mol. The number of halogens is 1. The van der Waals surface area contributed by atoms with Gasteiger partial charge in [-0.1, -0.05) is 12.1 Å². The summed E-state index contributed by atoms with van der Waals surface area (Å²) in [6.07, 6.45) is 0. The van der Waals surface area contributed by atoms with E-state index in [0.29, 0.717) is 24.4 Å². The van der Waals surface area contributed by atoms with E-state index in [-0.39, 0.29) is 30.0 Å². The van der Waals surface area contributed by atoms with Gasteiger partial charge in [0.25, 0.3) is 11.7 Å². The minimum atomic E-state index is -0.808. The third kappa shape index (κ3) is 4.34. The number of ether oxygens (including phenoxy) is 1. The summed E-state index contributed by atoms with van der Waals surface area (Å²) in [6, 6.07) is 11.1. The number of benzene rings is 2. The van der Waals surface area contributed by atoms with Gasteiger partial charge in [0.15, 0.2) is 0 Å². The highest BCUT2D eigenvalue weighted by atomic mass is 19.1. The Labute approximate surface area is 173 Å². The lowest BCUT2D eigenvalue weighted by molar-refractivity contribution is -0.139. The highest BCUT2D eigenvalue weighted by molar-refractivity contribution is 6.46. The first kappa shape index (κ1) is 21.5. The number of hydrogen-bond donors (Lipinski definition) is 3. The second-order valence-electron chi connectivity index (χ2n) is 6.75. The number of nitrogens with zero attached hydrogens (tertiary/aromatic N) is 1. The smallest absolute Gasteiger partial charge is 0.295 e. The Kier molecular flexibility index (Phi) is 6.81. The Hall–Kier alpha value is -3.23. The number of methoxy groups -OCH3 is 1. The number of carbonyl (C=O) groups excluding carboxylic acids is 2. The highest BCUT2D eigenvalue weighted by Gasteiger charge is 2.45. The summed E-state index contributed by atoms with van der Waals surface area (Å²) in [6.45, 7) is 0.857. The van der Waals surface area contributed by atoms with Gasteiger partial charge in [-0.15, -0.1) is 0 Å². The fourth-order valence-corrected chi connectivity index (χ4v) is 3.41. The maximum absolute atomic E-state index is 13.3. The van der Waals surface area contributed by atoms with E-state index in [1.54, 1.807) is 24.3 Å². The van der Waals surface area contributed by atoms with Crippen molar-refractivity contribution in [1.29, 1.82) is 0 Å². The monoisotopic (exact) mass is 414 g/mol. The van der Waals surface area contributed by atoms with Gasteiger partial charge in [-0.05, 0) is 42.0 Å². The predicted octanol–water partition coefficient (Wildman–Crippen LogP) is 1.84. The topological polar surface area (TPSA) is 99.1 Å². The number of aliphatic hydroxyl groups excluding tert-OH is 2. The summed E-state index contributed by atoms with van der Waals surface area (Å²) < 4.78 is 18.4. The molecular weight excluding hydrogens is 391 g/mol. The standard InChI is InChI=1S/C22H23FN2O5/c1-30-17-8-4-14(5-9-17)19-18(20(27)15-2-6-16(23)7-3-15)21(28)22(29)25(19)12-10-24-11-13-26/h2-9,19,24,26-27H,10-13H2,1H3. The molecule has 8 heteroatoms. The molecule has 7 nitrogen and oxygen atoms in total. The van der Waals surface area contributed by atoms with E-state index in [1.807, 2.05) is 0 Å². The molecule has 3 rings (SSSR count). The molecule has 1 amide bonds. The van der Waals surface area contributed by atoms with Gasteiger partial charge >= 0.3 is 0 Å².